The zero-order valence-electron chi connectivity index (χ0n) is 11.0. The van der Waals surface area contributed by atoms with Crippen LogP contribution in [0.3, 0.4) is 0 Å². The average molecular weight is 289 g/mol. The minimum atomic E-state index is 1.24. The minimum absolute atomic E-state index is 1.24. The Morgan fingerprint density at radius 2 is 1.12 bits per heavy atom. The topological polar surface area (TPSA) is 0 Å². The molecule has 16 heavy (non-hydrogen) atoms. The molecule has 0 aromatic heterocycles. The maximum Gasteiger partial charge on any atom is -0.0229 e. The third kappa shape index (κ3) is 14.2. The van der Waals surface area contributed by atoms with Crippen LogP contribution in [-0.2, 0) is 0 Å². The predicted octanol–water partition coefficient (Wildman–Crippen LogP) is 6.60. The Morgan fingerprint density at radius 3 is 1.56 bits per heavy atom. The number of hydrogen-bond acceptors (Lipinski definition) is 0. The van der Waals surface area contributed by atoms with Crippen molar-refractivity contribution in [3.05, 3.63) is 11.1 Å². The molecule has 0 saturated carbocycles. The lowest BCUT2D eigenvalue weighted by atomic mass is 10.1. The highest BCUT2D eigenvalue weighted by atomic mass is 79.9. The van der Waals surface area contributed by atoms with Crippen LogP contribution in [0.2, 0.25) is 0 Å². The highest BCUT2D eigenvalue weighted by Gasteiger charge is 1.92. The van der Waals surface area contributed by atoms with Crippen molar-refractivity contribution < 1.29 is 0 Å². The largest absolute Gasteiger partial charge is 0.0776 e. The van der Waals surface area contributed by atoms with Crippen molar-refractivity contribution in [2.24, 2.45) is 0 Å². The van der Waals surface area contributed by atoms with Crippen molar-refractivity contribution in [2.75, 3.05) is 0 Å². The molecule has 0 aromatic rings. The maximum atomic E-state index is 3.30. The summed E-state index contributed by atoms with van der Waals surface area (Å²) >= 11 is 3.30. The lowest BCUT2D eigenvalue weighted by Gasteiger charge is -2.01. The molecule has 96 valence electrons. The Bertz CT molecular complexity index is 140. The van der Waals surface area contributed by atoms with E-state index in [1.165, 1.54) is 77.0 Å². The van der Waals surface area contributed by atoms with Crippen LogP contribution < -0.4 is 0 Å². The summed E-state index contributed by atoms with van der Waals surface area (Å²) in [7, 11) is 0. The molecule has 0 amide bonds. The first-order chi connectivity index (χ1) is 7.91. The summed E-state index contributed by atoms with van der Waals surface area (Å²) in [6.45, 7) is 2.28. The first kappa shape index (κ1) is 16.2. The van der Waals surface area contributed by atoms with Gasteiger partial charge in [0, 0.05) is 0 Å². The van der Waals surface area contributed by atoms with Crippen LogP contribution in [-0.4, -0.2) is 0 Å². The first-order valence-electron chi connectivity index (χ1n) is 7.17. The predicted molar refractivity (Wildman–Crippen MR) is 79.1 cm³/mol. The molecule has 0 bridgehead atoms. The summed E-state index contributed by atoms with van der Waals surface area (Å²) in [5, 5.41) is 0. The summed E-state index contributed by atoms with van der Waals surface area (Å²) in [6.07, 6.45) is 19.2. The lowest BCUT2D eigenvalue weighted by molar-refractivity contribution is 0.550. The zero-order valence-corrected chi connectivity index (χ0v) is 12.6. The molecule has 0 radical (unpaired) electrons. The van der Waals surface area contributed by atoms with Gasteiger partial charge < -0.3 is 0 Å². The molecule has 0 aliphatic rings. The number of unbranched alkanes of at least 4 members (excludes halogenated alkanes) is 11. The molecule has 0 atom stereocenters. The molecule has 0 aliphatic carbocycles. The van der Waals surface area contributed by atoms with Crippen LogP contribution in [0.5, 0.6) is 0 Å². The van der Waals surface area contributed by atoms with Gasteiger partial charge in [-0.15, -0.1) is 0 Å². The molecule has 0 unspecified atom stereocenters. The van der Waals surface area contributed by atoms with E-state index in [0.717, 1.165) is 0 Å². The van der Waals surface area contributed by atoms with E-state index in [4.69, 9.17) is 0 Å². The Balaban J connectivity index is 2.88. The number of hydrogen-bond donors (Lipinski definition) is 0. The fourth-order valence-electron chi connectivity index (χ4n) is 1.99. The molecule has 0 aliphatic heterocycles. The fraction of sp³-hybridized carbons (Fsp3) is 0.867. The van der Waals surface area contributed by atoms with Crippen LogP contribution >= 0.6 is 15.9 Å². The molecule has 0 saturated heterocycles. The van der Waals surface area contributed by atoms with E-state index in [-0.39, 0.29) is 0 Å². The highest BCUT2D eigenvalue weighted by molar-refractivity contribution is 9.11. The second-order valence-corrected chi connectivity index (χ2v) is 5.21. The van der Waals surface area contributed by atoms with Crippen molar-refractivity contribution in [1.82, 2.24) is 0 Å². The first-order valence-corrected chi connectivity index (χ1v) is 8.08. The van der Waals surface area contributed by atoms with Crippen LogP contribution in [0.4, 0.5) is 0 Å². The second kappa shape index (κ2) is 15.2. The smallest absolute Gasteiger partial charge is 0.0229 e. The van der Waals surface area contributed by atoms with Crippen molar-refractivity contribution in [1.29, 1.82) is 0 Å². The molecule has 0 spiro atoms. The van der Waals surface area contributed by atoms with Crippen molar-refractivity contribution in [3.63, 3.8) is 0 Å². The number of rotatable bonds is 12. The fourth-order valence-corrected chi connectivity index (χ4v) is 2.25. The molecule has 0 N–H and O–H groups in total. The summed E-state index contributed by atoms with van der Waals surface area (Å²) < 4.78 is 0. The van der Waals surface area contributed by atoms with Gasteiger partial charge in [0.1, 0.15) is 0 Å². The van der Waals surface area contributed by atoms with E-state index >= 15 is 0 Å². The molecule has 0 aromatic carbocycles. The summed E-state index contributed by atoms with van der Waals surface area (Å²) in [5.74, 6) is 0. The van der Waals surface area contributed by atoms with E-state index < -0.39 is 0 Å². The van der Waals surface area contributed by atoms with Crippen LogP contribution in [0, 0.1) is 0 Å². The standard InChI is InChI=1S/C15H29Br/c1-2-3-4-5-6-7-8-9-10-11-12-13-14-15-16/h14-15H,2-13H2,1H3/b15-14+. The lowest BCUT2D eigenvalue weighted by Crippen LogP contribution is -1.81. The quantitative estimate of drug-likeness (QED) is 0.355. The highest BCUT2D eigenvalue weighted by Crippen LogP contribution is 2.11. The monoisotopic (exact) mass is 288 g/mol. The van der Waals surface area contributed by atoms with Gasteiger partial charge >= 0.3 is 0 Å². The van der Waals surface area contributed by atoms with Gasteiger partial charge in [-0.05, 0) is 17.8 Å². The van der Waals surface area contributed by atoms with Gasteiger partial charge in [-0.2, -0.15) is 0 Å². The Hall–Kier alpha value is 0.220. The van der Waals surface area contributed by atoms with Crippen molar-refractivity contribution in [3.8, 4) is 0 Å². The molecule has 0 fully saturated rings. The van der Waals surface area contributed by atoms with E-state index in [0.29, 0.717) is 0 Å². The van der Waals surface area contributed by atoms with Gasteiger partial charge in [0.15, 0.2) is 0 Å². The van der Waals surface area contributed by atoms with Crippen molar-refractivity contribution >= 4 is 15.9 Å². The van der Waals surface area contributed by atoms with E-state index in [9.17, 15) is 0 Å². The van der Waals surface area contributed by atoms with E-state index in [2.05, 4.69) is 28.9 Å². The Labute approximate surface area is 111 Å². The molecule has 0 heterocycles. The van der Waals surface area contributed by atoms with Gasteiger partial charge in [-0.1, -0.05) is 93.1 Å². The molecular weight excluding hydrogens is 260 g/mol. The van der Waals surface area contributed by atoms with Crippen LogP contribution in [0.15, 0.2) is 11.1 Å². The van der Waals surface area contributed by atoms with Crippen LogP contribution in [0.25, 0.3) is 0 Å². The van der Waals surface area contributed by atoms with E-state index in [1.54, 1.807) is 0 Å². The summed E-state index contributed by atoms with van der Waals surface area (Å²) in [6, 6.07) is 0. The molecule has 0 nitrogen and oxygen atoms in total. The number of halogens is 1. The van der Waals surface area contributed by atoms with E-state index in [1.807, 2.05) is 4.99 Å². The van der Waals surface area contributed by atoms with Gasteiger partial charge in [0.05, 0.1) is 0 Å². The van der Waals surface area contributed by atoms with Gasteiger partial charge in [-0.25, -0.2) is 0 Å². The van der Waals surface area contributed by atoms with Gasteiger partial charge in [0.25, 0.3) is 0 Å². The summed E-state index contributed by atoms with van der Waals surface area (Å²) in [5.41, 5.74) is 0. The third-order valence-corrected chi connectivity index (χ3v) is 3.44. The molecule has 0 rings (SSSR count). The maximum absolute atomic E-state index is 3.30. The number of allylic oxidation sites excluding steroid dienone is 1. The van der Waals surface area contributed by atoms with Gasteiger partial charge in [-0.3, -0.25) is 0 Å². The average Bonchev–Trinajstić information content (AvgIpc) is 2.31. The van der Waals surface area contributed by atoms with Gasteiger partial charge in [0.2, 0.25) is 0 Å². The SMILES string of the molecule is CCCCCCCCCCCCC/C=C/Br. The van der Waals surface area contributed by atoms with Crippen LogP contribution in [0.1, 0.15) is 84.0 Å². The molecular formula is C15H29Br. The summed E-state index contributed by atoms with van der Waals surface area (Å²) in [4.78, 5) is 1.98. The van der Waals surface area contributed by atoms with Crippen molar-refractivity contribution in [2.45, 2.75) is 84.0 Å². The third-order valence-electron chi connectivity index (χ3n) is 3.06. The molecule has 1 heteroatoms. The minimum Gasteiger partial charge on any atom is -0.0776 e. The second-order valence-electron chi connectivity index (χ2n) is 4.69. The Kier molecular flexibility index (Phi) is 15.4. The normalized spacial score (nSPS) is 11.4. The zero-order chi connectivity index (χ0) is 11.9. The Morgan fingerprint density at radius 1 is 0.688 bits per heavy atom.